The minimum Gasteiger partial charge on any atom is -0.491 e. The molecule has 0 aliphatic carbocycles. The molecule has 0 spiro atoms. The van der Waals surface area contributed by atoms with E-state index >= 15 is 0 Å². The topological polar surface area (TPSA) is 68.2 Å². The molecule has 6 nitrogen and oxygen atoms in total. The van der Waals surface area contributed by atoms with Gasteiger partial charge in [-0.05, 0) is 44.0 Å². The molecule has 0 saturated carbocycles. The van der Waals surface area contributed by atoms with Crippen molar-refractivity contribution in [3.05, 3.63) is 47.8 Å². The van der Waals surface area contributed by atoms with Crippen LogP contribution in [0.25, 0.3) is 0 Å². The number of ether oxygens (including phenoxy) is 1. The fraction of sp³-hybridized carbons (Fsp3) is 0.474. The van der Waals surface area contributed by atoms with Crippen molar-refractivity contribution in [1.29, 1.82) is 0 Å². The van der Waals surface area contributed by atoms with E-state index < -0.39 is 0 Å². The molecule has 3 rings (SSSR count). The highest BCUT2D eigenvalue weighted by Gasteiger charge is 2.31. The van der Waals surface area contributed by atoms with Gasteiger partial charge in [0.1, 0.15) is 5.75 Å². The number of benzene rings is 1. The Hall–Kier alpha value is -2.34. The van der Waals surface area contributed by atoms with Gasteiger partial charge in [-0.3, -0.25) is 9.48 Å². The predicted octanol–water partition coefficient (Wildman–Crippen LogP) is 2.32. The minimum atomic E-state index is -0.0581. The van der Waals surface area contributed by atoms with Crippen molar-refractivity contribution in [2.75, 3.05) is 0 Å². The second kappa shape index (κ2) is 7.70. The molecule has 2 N–H and O–H groups in total. The van der Waals surface area contributed by atoms with Crippen LogP contribution in [-0.2, 0) is 18.4 Å². The summed E-state index contributed by atoms with van der Waals surface area (Å²) in [6.45, 7) is 4.79. The Labute approximate surface area is 148 Å². The average molecular weight is 342 g/mol. The summed E-state index contributed by atoms with van der Waals surface area (Å²) in [5.41, 5.74) is 2.21. The molecule has 2 aromatic rings. The Bertz CT molecular complexity index is 708. The van der Waals surface area contributed by atoms with Crippen LogP contribution in [0, 0.1) is 0 Å². The average Bonchev–Trinajstić information content (AvgIpc) is 3.00. The van der Waals surface area contributed by atoms with Gasteiger partial charge >= 0.3 is 0 Å². The number of aryl methyl sites for hydroxylation is 1. The predicted molar refractivity (Wildman–Crippen MR) is 96.2 cm³/mol. The summed E-state index contributed by atoms with van der Waals surface area (Å²) in [7, 11) is 1.90. The Kier molecular flexibility index (Phi) is 5.38. The van der Waals surface area contributed by atoms with Gasteiger partial charge in [0.15, 0.2) is 0 Å². The van der Waals surface area contributed by atoms with Crippen molar-refractivity contribution in [3.8, 4) is 5.75 Å². The van der Waals surface area contributed by atoms with E-state index in [9.17, 15) is 4.79 Å². The third-order valence-corrected chi connectivity index (χ3v) is 4.44. The maximum absolute atomic E-state index is 11.8. The molecule has 1 fully saturated rings. The third kappa shape index (κ3) is 4.39. The molecule has 2 heterocycles. The summed E-state index contributed by atoms with van der Waals surface area (Å²) in [6.07, 6.45) is 3.30. The molecule has 134 valence electrons. The van der Waals surface area contributed by atoms with E-state index in [1.165, 1.54) is 5.56 Å². The number of nitrogens with zero attached hydrogens (tertiary/aromatic N) is 2. The standard InChI is InChI=1S/C19H26N4O2/c1-13(2)25-15-6-4-14(5-7-15)12-20-16-8-9-18(24)22-19(16)17-10-11-21-23(17)3/h4-7,10-11,13,16,19-20H,8-9,12H2,1-3H3,(H,22,24)/t16-,19-/m1/s1. The van der Waals surface area contributed by atoms with Crippen molar-refractivity contribution in [2.24, 2.45) is 7.05 Å². The summed E-state index contributed by atoms with van der Waals surface area (Å²) < 4.78 is 7.50. The maximum atomic E-state index is 11.8. The van der Waals surface area contributed by atoms with Crippen LogP contribution in [0.5, 0.6) is 5.75 Å². The van der Waals surface area contributed by atoms with Gasteiger partial charge in [0.05, 0.1) is 17.8 Å². The van der Waals surface area contributed by atoms with Gasteiger partial charge in [0, 0.05) is 32.3 Å². The zero-order valence-electron chi connectivity index (χ0n) is 15.0. The van der Waals surface area contributed by atoms with Crippen molar-refractivity contribution in [2.45, 2.75) is 51.4 Å². The summed E-state index contributed by atoms with van der Waals surface area (Å²) in [5.74, 6) is 0.982. The summed E-state index contributed by atoms with van der Waals surface area (Å²) in [5, 5.41) is 10.9. The highest BCUT2D eigenvalue weighted by Crippen LogP contribution is 2.24. The molecule has 25 heavy (non-hydrogen) atoms. The van der Waals surface area contributed by atoms with E-state index in [4.69, 9.17) is 4.74 Å². The lowest BCUT2D eigenvalue weighted by Gasteiger charge is -2.33. The molecular formula is C19H26N4O2. The molecule has 1 aromatic carbocycles. The van der Waals surface area contributed by atoms with Crippen LogP contribution in [-0.4, -0.2) is 27.8 Å². The van der Waals surface area contributed by atoms with E-state index in [1.54, 1.807) is 6.20 Å². The van der Waals surface area contributed by atoms with Gasteiger partial charge in [-0.1, -0.05) is 12.1 Å². The molecule has 1 saturated heterocycles. The summed E-state index contributed by atoms with van der Waals surface area (Å²) in [6, 6.07) is 10.2. The first-order valence-corrected chi connectivity index (χ1v) is 8.79. The zero-order chi connectivity index (χ0) is 17.8. The van der Waals surface area contributed by atoms with Crippen LogP contribution >= 0.6 is 0 Å². The molecule has 0 bridgehead atoms. The Morgan fingerprint density at radius 3 is 2.72 bits per heavy atom. The minimum absolute atomic E-state index is 0.0581. The fourth-order valence-corrected chi connectivity index (χ4v) is 3.20. The molecule has 0 radical (unpaired) electrons. The second-order valence-electron chi connectivity index (χ2n) is 6.76. The van der Waals surface area contributed by atoms with Crippen molar-refractivity contribution < 1.29 is 9.53 Å². The Balaban J connectivity index is 1.64. The first-order valence-electron chi connectivity index (χ1n) is 8.79. The fourth-order valence-electron chi connectivity index (χ4n) is 3.20. The molecule has 1 amide bonds. The van der Waals surface area contributed by atoms with E-state index in [-0.39, 0.29) is 24.1 Å². The van der Waals surface area contributed by atoms with Crippen LogP contribution in [0.2, 0.25) is 0 Å². The highest BCUT2D eigenvalue weighted by atomic mass is 16.5. The van der Waals surface area contributed by atoms with Gasteiger partial charge in [-0.2, -0.15) is 5.10 Å². The van der Waals surface area contributed by atoms with Gasteiger partial charge in [0.25, 0.3) is 0 Å². The van der Waals surface area contributed by atoms with Gasteiger partial charge in [0.2, 0.25) is 5.91 Å². The number of piperidine rings is 1. The van der Waals surface area contributed by atoms with Crippen LogP contribution in [0.15, 0.2) is 36.5 Å². The normalized spacial score (nSPS) is 20.6. The first-order chi connectivity index (χ1) is 12.0. The lowest BCUT2D eigenvalue weighted by molar-refractivity contribution is -0.124. The number of aromatic nitrogens is 2. The monoisotopic (exact) mass is 342 g/mol. The molecule has 1 aliphatic heterocycles. The van der Waals surface area contributed by atoms with Crippen molar-refractivity contribution >= 4 is 5.91 Å². The van der Waals surface area contributed by atoms with E-state index in [1.807, 2.05) is 43.8 Å². The SMILES string of the molecule is CC(C)Oc1ccc(CN[C@@H]2CCC(=O)N[C@H]2c2ccnn2C)cc1. The molecular weight excluding hydrogens is 316 g/mol. The molecule has 6 heteroatoms. The number of hydrogen-bond acceptors (Lipinski definition) is 4. The summed E-state index contributed by atoms with van der Waals surface area (Å²) in [4.78, 5) is 11.8. The number of carbonyl (C=O) groups excluding carboxylic acids is 1. The summed E-state index contributed by atoms with van der Waals surface area (Å²) >= 11 is 0. The molecule has 2 atom stereocenters. The van der Waals surface area contributed by atoms with E-state index in [0.29, 0.717) is 6.42 Å². The number of rotatable bonds is 6. The van der Waals surface area contributed by atoms with Crippen LogP contribution in [0.1, 0.15) is 44.0 Å². The van der Waals surface area contributed by atoms with E-state index in [0.717, 1.165) is 24.4 Å². The largest absolute Gasteiger partial charge is 0.491 e. The lowest BCUT2D eigenvalue weighted by Crippen LogP contribution is -2.48. The Morgan fingerprint density at radius 1 is 1.32 bits per heavy atom. The number of carbonyl (C=O) groups is 1. The lowest BCUT2D eigenvalue weighted by atomic mass is 9.95. The van der Waals surface area contributed by atoms with Crippen LogP contribution < -0.4 is 15.4 Å². The zero-order valence-corrected chi connectivity index (χ0v) is 15.0. The van der Waals surface area contributed by atoms with Crippen molar-refractivity contribution in [1.82, 2.24) is 20.4 Å². The highest BCUT2D eigenvalue weighted by molar-refractivity contribution is 5.77. The molecule has 1 aromatic heterocycles. The quantitative estimate of drug-likeness (QED) is 0.845. The molecule has 0 unspecified atom stereocenters. The second-order valence-corrected chi connectivity index (χ2v) is 6.76. The van der Waals surface area contributed by atoms with E-state index in [2.05, 4.69) is 27.9 Å². The maximum Gasteiger partial charge on any atom is 0.220 e. The number of nitrogens with one attached hydrogen (secondary N) is 2. The van der Waals surface area contributed by atoms with Gasteiger partial charge < -0.3 is 15.4 Å². The van der Waals surface area contributed by atoms with Crippen LogP contribution in [0.3, 0.4) is 0 Å². The first kappa shape index (κ1) is 17.5. The third-order valence-electron chi connectivity index (χ3n) is 4.44. The Morgan fingerprint density at radius 2 is 2.08 bits per heavy atom. The van der Waals surface area contributed by atoms with Gasteiger partial charge in [-0.15, -0.1) is 0 Å². The van der Waals surface area contributed by atoms with Gasteiger partial charge in [-0.25, -0.2) is 0 Å². The smallest absolute Gasteiger partial charge is 0.220 e. The van der Waals surface area contributed by atoms with Crippen LogP contribution in [0.4, 0.5) is 0 Å². The number of hydrogen-bond donors (Lipinski definition) is 2. The van der Waals surface area contributed by atoms with Crippen molar-refractivity contribution in [3.63, 3.8) is 0 Å². The molecule has 1 aliphatic rings. The number of amides is 1.